The molecule has 0 atom stereocenters. The van der Waals surface area contributed by atoms with E-state index in [1.54, 1.807) is 6.20 Å². The number of rotatable bonds is 2. The predicted molar refractivity (Wildman–Crippen MR) is 71.7 cm³/mol. The molecule has 1 aliphatic heterocycles. The van der Waals surface area contributed by atoms with Gasteiger partial charge in [0.15, 0.2) is 0 Å². The van der Waals surface area contributed by atoms with E-state index in [1.807, 2.05) is 18.2 Å². The minimum absolute atomic E-state index is 0.158. The molecule has 6 nitrogen and oxygen atoms in total. The van der Waals surface area contributed by atoms with Crippen LogP contribution in [0.5, 0.6) is 0 Å². The third kappa shape index (κ3) is 2.32. The summed E-state index contributed by atoms with van der Waals surface area (Å²) in [5.74, 6) is -0.158. The standard InChI is InChI=1S/C13H16N4O2/c14-13(3-5-19-6-4-13)12(18)16-10-2-1-9-8-15-17-11(9)7-10/h1-2,7-8H,3-6,14H2,(H,15,17)(H,16,18). The lowest BCUT2D eigenvalue weighted by Gasteiger charge is -2.31. The van der Waals surface area contributed by atoms with Crippen molar-refractivity contribution in [3.8, 4) is 0 Å². The van der Waals surface area contributed by atoms with Gasteiger partial charge in [-0.1, -0.05) is 0 Å². The van der Waals surface area contributed by atoms with E-state index in [1.165, 1.54) is 0 Å². The summed E-state index contributed by atoms with van der Waals surface area (Å²) in [7, 11) is 0. The van der Waals surface area contributed by atoms with Crippen LogP contribution in [-0.2, 0) is 9.53 Å². The van der Waals surface area contributed by atoms with Gasteiger partial charge in [0.05, 0.1) is 11.7 Å². The molecule has 1 fully saturated rings. The summed E-state index contributed by atoms with van der Waals surface area (Å²) in [5.41, 5.74) is 6.90. The van der Waals surface area contributed by atoms with E-state index in [4.69, 9.17) is 10.5 Å². The van der Waals surface area contributed by atoms with Crippen molar-refractivity contribution in [2.75, 3.05) is 18.5 Å². The molecular weight excluding hydrogens is 244 g/mol. The Morgan fingerprint density at radius 3 is 3.00 bits per heavy atom. The van der Waals surface area contributed by atoms with Crippen molar-refractivity contribution in [1.82, 2.24) is 10.2 Å². The highest BCUT2D eigenvalue weighted by Crippen LogP contribution is 2.22. The van der Waals surface area contributed by atoms with E-state index in [9.17, 15) is 4.79 Å². The number of anilines is 1. The average molecular weight is 260 g/mol. The molecule has 1 aliphatic rings. The number of H-pyrrole nitrogens is 1. The number of hydrogen-bond acceptors (Lipinski definition) is 4. The van der Waals surface area contributed by atoms with E-state index in [0.29, 0.717) is 26.1 Å². The first-order chi connectivity index (χ1) is 9.17. The quantitative estimate of drug-likeness (QED) is 0.751. The first-order valence-corrected chi connectivity index (χ1v) is 6.29. The van der Waals surface area contributed by atoms with Crippen molar-refractivity contribution < 1.29 is 9.53 Å². The SMILES string of the molecule is NC1(C(=O)Nc2ccc3cn[nH]c3c2)CCOCC1. The molecule has 1 aromatic carbocycles. The molecule has 2 aromatic rings. The number of aromatic nitrogens is 2. The van der Waals surface area contributed by atoms with Gasteiger partial charge in [-0.2, -0.15) is 5.10 Å². The second kappa shape index (κ2) is 4.64. The van der Waals surface area contributed by atoms with Crippen molar-refractivity contribution in [2.45, 2.75) is 18.4 Å². The zero-order valence-electron chi connectivity index (χ0n) is 10.5. The molecule has 1 aromatic heterocycles. The van der Waals surface area contributed by atoms with Crippen molar-refractivity contribution in [1.29, 1.82) is 0 Å². The second-order valence-electron chi connectivity index (χ2n) is 4.89. The van der Waals surface area contributed by atoms with E-state index in [-0.39, 0.29) is 5.91 Å². The van der Waals surface area contributed by atoms with Crippen LogP contribution in [-0.4, -0.2) is 34.9 Å². The molecule has 0 saturated carbocycles. The maximum absolute atomic E-state index is 12.2. The number of ether oxygens (including phenoxy) is 1. The molecule has 6 heteroatoms. The number of fused-ring (bicyclic) bond motifs is 1. The number of carbonyl (C=O) groups excluding carboxylic acids is 1. The highest BCUT2D eigenvalue weighted by atomic mass is 16.5. The number of hydrogen-bond donors (Lipinski definition) is 3. The highest BCUT2D eigenvalue weighted by Gasteiger charge is 2.35. The van der Waals surface area contributed by atoms with Gasteiger partial charge < -0.3 is 15.8 Å². The van der Waals surface area contributed by atoms with Crippen molar-refractivity contribution >= 4 is 22.5 Å². The average Bonchev–Trinajstić information content (AvgIpc) is 2.87. The molecule has 0 radical (unpaired) electrons. The Labute approximate surface area is 110 Å². The Bertz CT molecular complexity index is 601. The summed E-state index contributed by atoms with van der Waals surface area (Å²) in [5, 5.41) is 10.7. The van der Waals surface area contributed by atoms with Crippen molar-refractivity contribution in [3.63, 3.8) is 0 Å². The molecule has 0 bridgehead atoms. The fourth-order valence-corrected chi connectivity index (χ4v) is 2.23. The fraction of sp³-hybridized carbons (Fsp3) is 0.385. The van der Waals surface area contributed by atoms with Crippen LogP contribution in [0.4, 0.5) is 5.69 Å². The number of nitrogens with two attached hydrogens (primary N) is 1. The van der Waals surface area contributed by atoms with E-state index >= 15 is 0 Å². The first-order valence-electron chi connectivity index (χ1n) is 6.29. The Morgan fingerprint density at radius 1 is 1.42 bits per heavy atom. The smallest absolute Gasteiger partial charge is 0.244 e. The number of aromatic amines is 1. The van der Waals surface area contributed by atoms with E-state index in [2.05, 4.69) is 15.5 Å². The summed E-state index contributed by atoms with van der Waals surface area (Å²) in [4.78, 5) is 12.2. The van der Waals surface area contributed by atoms with Crippen LogP contribution in [0.1, 0.15) is 12.8 Å². The lowest BCUT2D eigenvalue weighted by atomic mass is 9.90. The molecule has 0 aliphatic carbocycles. The third-order valence-corrected chi connectivity index (χ3v) is 3.54. The van der Waals surface area contributed by atoms with Crippen LogP contribution >= 0.6 is 0 Å². The first kappa shape index (κ1) is 12.1. The summed E-state index contributed by atoms with van der Waals surface area (Å²) in [6.45, 7) is 1.06. The zero-order valence-corrected chi connectivity index (χ0v) is 10.5. The van der Waals surface area contributed by atoms with Crippen LogP contribution < -0.4 is 11.1 Å². The van der Waals surface area contributed by atoms with Gasteiger partial charge in [0.2, 0.25) is 5.91 Å². The summed E-state index contributed by atoms with van der Waals surface area (Å²) < 4.78 is 5.24. The van der Waals surface area contributed by atoms with Crippen LogP contribution in [0.2, 0.25) is 0 Å². The van der Waals surface area contributed by atoms with Gasteiger partial charge >= 0.3 is 0 Å². The van der Waals surface area contributed by atoms with Gasteiger partial charge in [-0.3, -0.25) is 9.89 Å². The normalized spacial score (nSPS) is 18.4. The Morgan fingerprint density at radius 2 is 2.21 bits per heavy atom. The molecule has 19 heavy (non-hydrogen) atoms. The van der Waals surface area contributed by atoms with Crippen molar-refractivity contribution in [2.24, 2.45) is 5.73 Å². The minimum atomic E-state index is -0.832. The highest BCUT2D eigenvalue weighted by molar-refractivity contribution is 5.99. The third-order valence-electron chi connectivity index (χ3n) is 3.54. The van der Waals surface area contributed by atoms with E-state index < -0.39 is 5.54 Å². The summed E-state index contributed by atoms with van der Waals surface area (Å²) in [6, 6.07) is 5.60. The molecular formula is C13H16N4O2. The number of amides is 1. The molecule has 3 rings (SSSR count). The zero-order chi connectivity index (χ0) is 13.3. The van der Waals surface area contributed by atoms with Crippen LogP contribution in [0, 0.1) is 0 Å². The number of carbonyl (C=O) groups is 1. The Hall–Kier alpha value is -1.92. The van der Waals surface area contributed by atoms with Crippen LogP contribution in [0.3, 0.4) is 0 Å². The van der Waals surface area contributed by atoms with Gasteiger partial charge in [-0.25, -0.2) is 0 Å². The minimum Gasteiger partial charge on any atom is -0.381 e. The molecule has 0 unspecified atom stereocenters. The fourth-order valence-electron chi connectivity index (χ4n) is 2.23. The van der Waals surface area contributed by atoms with Crippen LogP contribution in [0.15, 0.2) is 24.4 Å². The lowest BCUT2D eigenvalue weighted by Crippen LogP contribution is -2.54. The molecule has 1 saturated heterocycles. The lowest BCUT2D eigenvalue weighted by molar-refractivity contribution is -0.124. The van der Waals surface area contributed by atoms with Gasteiger partial charge in [-0.15, -0.1) is 0 Å². The second-order valence-corrected chi connectivity index (χ2v) is 4.89. The van der Waals surface area contributed by atoms with Gasteiger partial charge in [0, 0.05) is 24.3 Å². The van der Waals surface area contributed by atoms with Gasteiger partial charge in [-0.05, 0) is 31.0 Å². The van der Waals surface area contributed by atoms with E-state index in [0.717, 1.165) is 16.6 Å². The largest absolute Gasteiger partial charge is 0.381 e. The summed E-state index contributed by atoms with van der Waals surface area (Å²) >= 11 is 0. The molecule has 2 heterocycles. The molecule has 1 amide bonds. The molecule has 100 valence electrons. The maximum atomic E-state index is 12.2. The molecule has 4 N–H and O–H groups in total. The van der Waals surface area contributed by atoms with Crippen LogP contribution in [0.25, 0.3) is 10.9 Å². The monoisotopic (exact) mass is 260 g/mol. The Balaban J connectivity index is 1.78. The number of nitrogens with zero attached hydrogens (tertiary/aromatic N) is 1. The van der Waals surface area contributed by atoms with Gasteiger partial charge in [0.25, 0.3) is 0 Å². The topological polar surface area (TPSA) is 93.0 Å². The van der Waals surface area contributed by atoms with Crippen molar-refractivity contribution in [3.05, 3.63) is 24.4 Å². The van der Waals surface area contributed by atoms with Gasteiger partial charge in [0.1, 0.15) is 5.54 Å². The predicted octanol–water partition coefficient (Wildman–Crippen LogP) is 1.01. The number of nitrogens with one attached hydrogen (secondary N) is 2. The number of benzene rings is 1. The Kier molecular flexibility index (Phi) is 2.96. The maximum Gasteiger partial charge on any atom is 0.244 e. The summed E-state index contributed by atoms with van der Waals surface area (Å²) in [6.07, 6.45) is 2.83. The molecule has 0 spiro atoms.